The van der Waals surface area contributed by atoms with Gasteiger partial charge in [-0.25, -0.2) is 4.73 Å². The van der Waals surface area contributed by atoms with Crippen LogP contribution >= 0.6 is 0 Å². The Hall–Kier alpha value is -0.920. The highest BCUT2D eigenvalue weighted by atomic mass is 16.5. The van der Waals surface area contributed by atoms with Gasteiger partial charge in [0.05, 0.1) is 0 Å². The smallest absolute Gasteiger partial charge is 0.0466 e. The largest absolute Gasteiger partial charge is 0.429 e. The first-order valence-electron chi connectivity index (χ1n) is 3.07. The molecular formula is C7H11NO. The summed E-state index contributed by atoms with van der Waals surface area (Å²) in [4.78, 5) is 0. The lowest BCUT2D eigenvalue weighted by Crippen LogP contribution is -1.84. The van der Waals surface area contributed by atoms with Gasteiger partial charge >= 0.3 is 0 Å². The first-order chi connectivity index (χ1) is 4.20. The van der Waals surface area contributed by atoms with Gasteiger partial charge in [0, 0.05) is 12.4 Å². The molecule has 0 aliphatic heterocycles. The Morgan fingerprint density at radius 2 is 2.22 bits per heavy atom. The highest BCUT2D eigenvalue weighted by molar-refractivity contribution is 5.12. The molecule has 0 unspecified atom stereocenters. The summed E-state index contributed by atoms with van der Waals surface area (Å²) in [6, 6.07) is 1.91. The molecule has 1 N–H and O–H groups in total. The summed E-state index contributed by atoms with van der Waals surface area (Å²) in [6.07, 6.45) is 3.35. The summed E-state index contributed by atoms with van der Waals surface area (Å²) in [7, 11) is 0. The maximum Gasteiger partial charge on any atom is 0.0466 e. The van der Waals surface area contributed by atoms with Gasteiger partial charge in [0.25, 0.3) is 0 Å². The Bertz CT molecular complexity index is 191. The number of hydrogen-bond donors (Lipinski definition) is 1. The molecule has 9 heavy (non-hydrogen) atoms. The van der Waals surface area contributed by atoms with Crippen molar-refractivity contribution in [1.82, 2.24) is 4.73 Å². The second-order valence-corrected chi connectivity index (χ2v) is 2.48. The summed E-state index contributed by atoms with van der Waals surface area (Å²) >= 11 is 0. The van der Waals surface area contributed by atoms with Crippen LogP contribution in [-0.2, 0) is 0 Å². The molecule has 0 bridgehead atoms. The van der Waals surface area contributed by atoms with Gasteiger partial charge in [-0.05, 0) is 17.5 Å². The average molecular weight is 125 g/mol. The van der Waals surface area contributed by atoms with Gasteiger partial charge < -0.3 is 5.21 Å². The van der Waals surface area contributed by atoms with E-state index in [-0.39, 0.29) is 0 Å². The van der Waals surface area contributed by atoms with Crippen LogP contribution in [-0.4, -0.2) is 9.94 Å². The zero-order valence-electron chi connectivity index (χ0n) is 5.70. The van der Waals surface area contributed by atoms with Crippen molar-refractivity contribution in [3.8, 4) is 0 Å². The molecule has 1 heterocycles. The predicted octanol–water partition coefficient (Wildman–Crippen LogP) is 1.85. The molecule has 0 radical (unpaired) electrons. The van der Waals surface area contributed by atoms with Crippen LogP contribution in [0.5, 0.6) is 0 Å². The second-order valence-electron chi connectivity index (χ2n) is 2.48. The summed E-state index contributed by atoms with van der Waals surface area (Å²) in [6.45, 7) is 4.19. The zero-order chi connectivity index (χ0) is 6.85. The molecule has 2 nitrogen and oxygen atoms in total. The van der Waals surface area contributed by atoms with E-state index in [0.29, 0.717) is 5.92 Å². The third-order valence-electron chi connectivity index (χ3n) is 1.37. The van der Waals surface area contributed by atoms with Crippen molar-refractivity contribution >= 4 is 0 Å². The molecule has 0 atom stereocenters. The first-order valence-corrected chi connectivity index (χ1v) is 3.07. The van der Waals surface area contributed by atoms with Crippen LogP contribution in [0.4, 0.5) is 0 Å². The molecule has 0 aromatic carbocycles. The van der Waals surface area contributed by atoms with Crippen LogP contribution in [0.1, 0.15) is 25.3 Å². The third kappa shape index (κ3) is 1.25. The highest BCUT2D eigenvalue weighted by Gasteiger charge is 1.98. The van der Waals surface area contributed by atoms with Crippen molar-refractivity contribution in [3.63, 3.8) is 0 Å². The van der Waals surface area contributed by atoms with E-state index in [2.05, 4.69) is 13.8 Å². The van der Waals surface area contributed by atoms with Crippen LogP contribution in [0, 0.1) is 0 Å². The van der Waals surface area contributed by atoms with Crippen molar-refractivity contribution in [1.29, 1.82) is 0 Å². The molecule has 0 amide bonds. The van der Waals surface area contributed by atoms with E-state index in [1.165, 1.54) is 0 Å². The van der Waals surface area contributed by atoms with Crippen molar-refractivity contribution in [2.24, 2.45) is 0 Å². The third-order valence-corrected chi connectivity index (χ3v) is 1.37. The molecule has 0 aliphatic carbocycles. The molecule has 0 fully saturated rings. The Balaban J connectivity index is 2.85. The van der Waals surface area contributed by atoms with Gasteiger partial charge in [0.1, 0.15) is 0 Å². The summed E-state index contributed by atoms with van der Waals surface area (Å²) in [5, 5.41) is 8.82. The molecule has 1 aromatic rings. The first kappa shape index (κ1) is 6.20. The minimum atomic E-state index is 0.499. The molecule has 0 aliphatic rings. The molecule has 2 heteroatoms. The number of nitrogens with zero attached hydrogens (tertiary/aromatic N) is 1. The second kappa shape index (κ2) is 2.13. The van der Waals surface area contributed by atoms with Gasteiger partial charge in [0.15, 0.2) is 0 Å². The lowest BCUT2D eigenvalue weighted by atomic mass is 10.1. The molecular weight excluding hydrogens is 114 g/mol. The lowest BCUT2D eigenvalue weighted by Gasteiger charge is -1.96. The Morgan fingerprint density at radius 3 is 2.44 bits per heavy atom. The maximum atomic E-state index is 8.82. The monoisotopic (exact) mass is 125 g/mol. The maximum absolute atomic E-state index is 8.82. The quantitative estimate of drug-likeness (QED) is 0.569. The van der Waals surface area contributed by atoms with Gasteiger partial charge in [-0.3, -0.25) is 0 Å². The fourth-order valence-electron chi connectivity index (χ4n) is 0.743. The summed E-state index contributed by atoms with van der Waals surface area (Å²) < 4.78 is 1.08. The normalized spacial score (nSPS) is 10.6. The minimum absolute atomic E-state index is 0.499. The standard InChI is InChI=1S/C7H11NO/c1-6(2)7-3-4-8(9)5-7/h3-6,9H,1-2H3. The van der Waals surface area contributed by atoms with Crippen LogP contribution in [0.25, 0.3) is 0 Å². The molecule has 50 valence electrons. The van der Waals surface area contributed by atoms with Crippen LogP contribution in [0.15, 0.2) is 18.5 Å². The van der Waals surface area contributed by atoms with E-state index in [0.717, 1.165) is 10.3 Å². The fraction of sp³-hybridized carbons (Fsp3) is 0.429. The number of aromatic nitrogens is 1. The molecule has 0 saturated carbocycles. The average Bonchev–Trinajstić information content (AvgIpc) is 2.14. The number of hydrogen-bond acceptors (Lipinski definition) is 1. The zero-order valence-corrected chi connectivity index (χ0v) is 5.70. The summed E-state index contributed by atoms with van der Waals surface area (Å²) in [5.41, 5.74) is 1.16. The predicted molar refractivity (Wildman–Crippen MR) is 35.7 cm³/mol. The van der Waals surface area contributed by atoms with Crippen molar-refractivity contribution < 1.29 is 5.21 Å². The van der Waals surface area contributed by atoms with Gasteiger partial charge in [-0.2, -0.15) is 0 Å². The van der Waals surface area contributed by atoms with E-state index in [1.807, 2.05) is 6.07 Å². The van der Waals surface area contributed by atoms with Crippen molar-refractivity contribution in [2.75, 3.05) is 0 Å². The number of rotatable bonds is 1. The van der Waals surface area contributed by atoms with Crippen molar-refractivity contribution in [2.45, 2.75) is 19.8 Å². The Kier molecular flexibility index (Phi) is 1.47. The van der Waals surface area contributed by atoms with E-state index >= 15 is 0 Å². The van der Waals surface area contributed by atoms with E-state index in [9.17, 15) is 0 Å². The van der Waals surface area contributed by atoms with E-state index < -0.39 is 0 Å². The van der Waals surface area contributed by atoms with Crippen LogP contribution in [0.2, 0.25) is 0 Å². The lowest BCUT2D eigenvalue weighted by molar-refractivity contribution is 0.187. The molecule has 0 saturated heterocycles. The van der Waals surface area contributed by atoms with Gasteiger partial charge in [-0.15, -0.1) is 0 Å². The summed E-state index contributed by atoms with van der Waals surface area (Å²) in [5.74, 6) is 0.499. The molecule has 0 spiro atoms. The highest BCUT2D eigenvalue weighted by Crippen LogP contribution is 2.12. The fourth-order valence-corrected chi connectivity index (χ4v) is 0.743. The van der Waals surface area contributed by atoms with Crippen molar-refractivity contribution in [3.05, 3.63) is 24.0 Å². The SMILES string of the molecule is CC(C)c1ccn(O)c1. The van der Waals surface area contributed by atoms with Crippen LogP contribution in [0.3, 0.4) is 0 Å². The molecule has 1 rings (SSSR count). The topological polar surface area (TPSA) is 25.2 Å². The minimum Gasteiger partial charge on any atom is -0.429 e. The van der Waals surface area contributed by atoms with Gasteiger partial charge in [-0.1, -0.05) is 13.8 Å². The van der Waals surface area contributed by atoms with E-state index in [4.69, 9.17) is 5.21 Å². The van der Waals surface area contributed by atoms with Crippen LogP contribution < -0.4 is 0 Å². The van der Waals surface area contributed by atoms with E-state index in [1.54, 1.807) is 12.4 Å². The Labute approximate surface area is 54.7 Å². The Morgan fingerprint density at radius 1 is 1.56 bits per heavy atom. The van der Waals surface area contributed by atoms with Gasteiger partial charge in [0.2, 0.25) is 0 Å². The molecule has 1 aromatic heterocycles.